The van der Waals surface area contributed by atoms with Gasteiger partial charge in [0.1, 0.15) is 17.6 Å². The van der Waals surface area contributed by atoms with Crippen LogP contribution in [-0.4, -0.2) is 23.9 Å². The molecule has 4 rings (SSSR count). The summed E-state index contributed by atoms with van der Waals surface area (Å²) >= 11 is 1.47. The van der Waals surface area contributed by atoms with Crippen LogP contribution in [-0.2, 0) is 9.59 Å². The Morgan fingerprint density at radius 2 is 1.75 bits per heavy atom. The number of anilines is 1. The van der Waals surface area contributed by atoms with E-state index in [9.17, 15) is 14.7 Å². The third-order valence-electron chi connectivity index (χ3n) is 5.87. The lowest BCUT2D eigenvalue weighted by Gasteiger charge is -2.25. The zero-order chi connectivity index (χ0) is 23.2. The van der Waals surface area contributed by atoms with E-state index in [0.29, 0.717) is 17.0 Å². The van der Waals surface area contributed by atoms with Crippen molar-refractivity contribution in [3.05, 3.63) is 86.1 Å². The van der Waals surface area contributed by atoms with Gasteiger partial charge in [-0.15, -0.1) is 11.3 Å². The highest BCUT2D eigenvalue weighted by atomic mass is 32.1. The smallest absolute Gasteiger partial charge is 0.300 e. The molecule has 0 bridgehead atoms. The molecule has 0 aliphatic carbocycles. The first-order valence-corrected chi connectivity index (χ1v) is 11.2. The topological polar surface area (TPSA) is 66.8 Å². The van der Waals surface area contributed by atoms with Crippen LogP contribution in [0.1, 0.15) is 38.7 Å². The Morgan fingerprint density at radius 1 is 1.00 bits per heavy atom. The molecule has 0 spiro atoms. The summed E-state index contributed by atoms with van der Waals surface area (Å²) in [6.45, 7) is 7.61. The molecule has 3 aromatic rings. The second kappa shape index (κ2) is 8.28. The lowest BCUT2D eigenvalue weighted by Crippen LogP contribution is -2.29. The predicted molar refractivity (Wildman–Crippen MR) is 127 cm³/mol. The summed E-state index contributed by atoms with van der Waals surface area (Å²) in [7, 11) is 1.59. The molecule has 2 aromatic carbocycles. The molecule has 0 saturated carbocycles. The fourth-order valence-electron chi connectivity index (χ4n) is 4.20. The molecule has 5 nitrogen and oxygen atoms in total. The molecule has 1 atom stereocenters. The number of nitrogens with zero attached hydrogens (tertiary/aromatic N) is 1. The van der Waals surface area contributed by atoms with Crippen molar-refractivity contribution in [2.24, 2.45) is 0 Å². The van der Waals surface area contributed by atoms with E-state index in [1.807, 2.05) is 69.5 Å². The maximum atomic E-state index is 13.3. The molecule has 2 heterocycles. The molecule has 164 valence electrons. The predicted octanol–water partition coefficient (Wildman–Crippen LogP) is 5.62. The van der Waals surface area contributed by atoms with Gasteiger partial charge < -0.3 is 9.84 Å². The van der Waals surface area contributed by atoms with Crippen LogP contribution in [0.3, 0.4) is 0 Å². The van der Waals surface area contributed by atoms with E-state index in [0.717, 1.165) is 27.1 Å². The second-order valence-electron chi connectivity index (χ2n) is 8.11. The number of aryl methyl sites for hydroxylation is 4. The van der Waals surface area contributed by atoms with Crippen molar-refractivity contribution in [3.63, 3.8) is 0 Å². The number of rotatable bonds is 4. The highest BCUT2D eigenvalue weighted by Gasteiger charge is 2.48. The van der Waals surface area contributed by atoms with Crippen LogP contribution in [0.25, 0.3) is 5.76 Å². The Bertz CT molecular complexity index is 1270. The van der Waals surface area contributed by atoms with E-state index in [-0.39, 0.29) is 11.3 Å². The number of Topliss-reactive ketones (excluding diaryl/α,β-unsaturated/α-hetero) is 1. The Balaban J connectivity index is 1.98. The zero-order valence-corrected chi connectivity index (χ0v) is 19.5. The van der Waals surface area contributed by atoms with Crippen molar-refractivity contribution < 1.29 is 19.4 Å². The molecule has 32 heavy (non-hydrogen) atoms. The minimum Gasteiger partial charge on any atom is -0.507 e. The van der Waals surface area contributed by atoms with Crippen LogP contribution < -0.4 is 9.64 Å². The van der Waals surface area contributed by atoms with Crippen molar-refractivity contribution in [1.29, 1.82) is 0 Å². The van der Waals surface area contributed by atoms with Crippen LogP contribution in [0.5, 0.6) is 5.75 Å². The Labute approximate surface area is 191 Å². The van der Waals surface area contributed by atoms with Gasteiger partial charge in [-0.2, -0.15) is 0 Å². The first-order chi connectivity index (χ1) is 15.2. The number of carbonyl (C=O) groups is 2. The van der Waals surface area contributed by atoms with Crippen molar-refractivity contribution in [2.75, 3.05) is 12.0 Å². The SMILES string of the molecule is COc1cc(C)c(/C(O)=C2\C(=O)C(=O)N(c3cccc(C)c3)C2c2sccc2C)cc1C. The number of carbonyl (C=O) groups excluding carboxylic acids is 2. The minimum atomic E-state index is -0.696. The molecule has 1 amide bonds. The van der Waals surface area contributed by atoms with Crippen molar-refractivity contribution in [3.8, 4) is 5.75 Å². The van der Waals surface area contributed by atoms with E-state index >= 15 is 0 Å². The second-order valence-corrected chi connectivity index (χ2v) is 9.06. The van der Waals surface area contributed by atoms with Crippen LogP contribution in [0, 0.1) is 27.7 Å². The summed E-state index contributed by atoms with van der Waals surface area (Å²) < 4.78 is 5.38. The van der Waals surface area contributed by atoms with Crippen molar-refractivity contribution >= 4 is 34.5 Å². The van der Waals surface area contributed by atoms with E-state index in [4.69, 9.17) is 4.74 Å². The van der Waals surface area contributed by atoms with E-state index in [1.165, 1.54) is 16.2 Å². The maximum absolute atomic E-state index is 13.3. The van der Waals surface area contributed by atoms with Gasteiger partial charge in [0.15, 0.2) is 0 Å². The fraction of sp³-hybridized carbons (Fsp3) is 0.231. The van der Waals surface area contributed by atoms with Gasteiger partial charge in [0, 0.05) is 16.1 Å². The Kier molecular flexibility index (Phi) is 5.65. The highest BCUT2D eigenvalue weighted by Crippen LogP contribution is 2.45. The van der Waals surface area contributed by atoms with Crippen LogP contribution >= 0.6 is 11.3 Å². The van der Waals surface area contributed by atoms with Crippen molar-refractivity contribution in [1.82, 2.24) is 0 Å². The van der Waals surface area contributed by atoms with Crippen molar-refractivity contribution in [2.45, 2.75) is 33.7 Å². The van der Waals surface area contributed by atoms with Gasteiger partial charge in [0.25, 0.3) is 11.7 Å². The van der Waals surface area contributed by atoms with Gasteiger partial charge in [-0.1, -0.05) is 12.1 Å². The first kappa shape index (κ1) is 21.8. The lowest BCUT2D eigenvalue weighted by atomic mass is 9.95. The Morgan fingerprint density at radius 3 is 2.38 bits per heavy atom. The standard InChI is InChI=1S/C26H25NO4S/c1-14-7-6-8-18(11-14)27-22(25-15(2)9-10-32-25)21(24(29)26(27)30)23(28)19-12-17(4)20(31-5)13-16(19)3/h6-13,22,28H,1-5H3/b23-21+. The number of benzene rings is 2. The van der Waals surface area contributed by atoms with E-state index < -0.39 is 17.7 Å². The number of hydrogen-bond donors (Lipinski definition) is 1. The number of ether oxygens (including phenoxy) is 1. The van der Waals surface area contributed by atoms with Gasteiger partial charge in [-0.25, -0.2) is 0 Å². The summed E-state index contributed by atoms with van der Waals surface area (Å²) in [5, 5.41) is 13.3. The average Bonchev–Trinajstić information content (AvgIpc) is 3.29. The van der Waals surface area contributed by atoms with Gasteiger partial charge in [0.05, 0.1) is 12.7 Å². The number of thiophene rings is 1. The summed E-state index contributed by atoms with van der Waals surface area (Å²) in [6.07, 6.45) is 0. The zero-order valence-electron chi connectivity index (χ0n) is 18.7. The van der Waals surface area contributed by atoms with Crippen LogP contribution in [0.4, 0.5) is 5.69 Å². The monoisotopic (exact) mass is 447 g/mol. The quantitative estimate of drug-likeness (QED) is 0.320. The first-order valence-electron chi connectivity index (χ1n) is 10.3. The van der Waals surface area contributed by atoms with Gasteiger partial charge in [0.2, 0.25) is 0 Å². The molecule has 6 heteroatoms. The number of amides is 1. The summed E-state index contributed by atoms with van der Waals surface area (Å²) in [5.41, 5.74) is 4.79. The molecular formula is C26H25NO4S. The summed E-state index contributed by atoms with van der Waals surface area (Å²) in [6, 6.07) is 12.4. The van der Waals surface area contributed by atoms with E-state index in [1.54, 1.807) is 13.2 Å². The molecule has 1 aliphatic heterocycles. The normalized spacial score (nSPS) is 17.8. The molecule has 1 aliphatic rings. The number of aliphatic hydroxyl groups is 1. The molecule has 1 N–H and O–H groups in total. The number of methoxy groups -OCH3 is 1. The molecule has 1 unspecified atom stereocenters. The van der Waals surface area contributed by atoms with Gasteiger partial charge in [-0.05, 0) is 85.7 Å². The average molecular weight is 448 g/mol. The fourth-order valence-corrected chi connectivity index (χ4v) is 5.22. The molecule has 1 saturated heterocycles. The van der Waals surface area contributed by atoms with Crippen LogP contribution in [0.2, 0.25) is 0 Å². The van der Waals surface area contributed by atoms with Gasteiger partial charge in [-0.3, -0.25) is 14.5 Å². The number of hydrogen-bond acceptors (Lipinski definition) is 5. The highest BCUT2D eigenvalue weighted by molar-refractivity contribution is 7.10. The number of ketones is 1. The maximum Gasteiger partial charge on any atom is 0.300 e. The van der Waals surface area contributed by atoms with Crippen LogP contribution in [0.15, 0.2) is 53.4 Å². The summed E-state index contributed by atoms with van der Waals surface area (Å²) in [5.74, 6) is -0.794. The largest absolute Gasteiger partial charge is 0.507 e. The molecule has 1 fully saturated rings. The van der Waals surface area contributed by atoms with E-state index in [2.05, 4.69) is 0 Å². The third kappa shape index (κ3) is 3.50. The Hall–Kier alpha value is -3.38. The lowest BCUT2D eigenvalue weighted by molar-refractivity contribution is -0.132. The third-order valence-corrected chi connectivity index (χ3v) is 6.94. The molecule has 1 aromatic heterocycles. The summed E-state index contributed by atoms with van der Waals surface area (Å²) in [4.78, 5) is 28.9. The number of aliphatic hydroxyl groups excluding tert-OH is 1. The molecule has 0 radical (unpaired) electrons. The molecular weight excluding hydrogens is 422 g/mol. The van der Waals surface area contributed by atoms with Gasteiger partial charge >= 0.3 is 0 Å². The minimum absolute atomic E-state index is 0.106.